The van der Waals surface area contributed by atoms with Gasteiger partial charge in [0.1, 0.15) is 6.04 Å². The number of halogens is 3. The molecule has 1 heterocycles. The number of nitrogens with two attached hydrogens (primary N) is 1. The van der Waals surface area contributed by atoms with Crippen LogP contribution in [0.4, 0.5) is 13.2 Å². The molecule has 2 rings (SSSR count). The number of hydrogen-bond acceptors (Lipinski definition) is 4. The zero-order valence-corrected chi connectivity index (χ0v) is 12.0. The third kappa shape index (κ3) is 3.23. The van der Waals surface area contributed by atoms with E-state index in [1.807, 2.05) is 0 Å². The third-order valence-electron chi connectivity index (χ3n) is 3.18. The molecule has 6 nitrogen and oxygen atoms in total. The van der Waals surface area contributed by atoms with Gasteiger partial charge in [-0.1, -0.05) is 6.07 Å². The van der Waals surface area contributed by atoms with Crippen LogP contribution in [0, 0.1) is 0 Å². The van der Waals surface area contributed by atoms with Crippen molar-refractivity contribution < 1.29 is 31.1 Å². The molecule has 1 saturated heterocycles. The first-order chi connectivity index (χ1) is 10.1. The van der Waals surface area contributed by atoms with Crippen LogP contribution in [0.25, 0.3) is 0 Å². The highest BCUT2D eigenvalue weighted by Gasteiger charge is 2.38. The van der Waals surface area contributed by atoms with Gasteiger partial charge in [-0.25, -0.2) is 8.42 Å². The quantitative estimate of drug-likeness (QED) is 0.873. The lowest BCUT2D eigenvalue weighted by Crippen LogP contribution is -2.54. The number of carbonyl (C=O) groups excluding carboxylic acids is 1. The summed E-state index contributed by atoms with van der Waals surface area (Å²) in [6.45, 7) is -0.359. The van der Waals surface area contributed by atoms with Crippen LogP contribution in [0.3, 0.4) is 0 Å². The minimum atomic E-state index is -4.67. The van der Waals surface area contributed by atoms with E-state index in [-0.39, 0.29) is 19.8 Å². The fourth-order valence-electron chi connectivity index (χ4n) is 2.07. The average Bonchev–Trinajstić information content (AvgIpc) is 2.46. The van der Waals surface area contributed by atoms with E-state index in [0.717, 1.165) is 22.5 Å². The van der Waals surface area contributed by atoms with Gasteiger partial charge >= 0.3 is 6.18 Å². The minimum absolute atomic E-state index is 0.0297. The smallest absolute Gasteiger partial charge is 0.378 e. The molecule has 0 bridgehead atoms. The van der Waals surface area contributed by atoms with E-state index in [2.05, 4.69) is 0 Å². The largest absolute Gasteiger partial charge is 0.416 e. The van der Waals surface area contributed by atoms with Crippen molar-refractivity contribution in [3.63, 3.8) is 0 Å². The van der Waals surface area contributed by atoms with Crippen LogP contribution < -0.4 is 5.73 Å². The molecule has 2 N–H and O–H groups in total. The van der Waals surface area contributed by atoms with Gasteiger partial charge < -0.3 is 10.5 Å². The lowest BCUT2D eigenvalue weighted by molar-refractivity contribution is -0.137. The monoisotopic (exact) mass is 338 g/mol. The summed E-state index contributed by atoms with van der Waals surface area (Å²) < 4.78 is 68.8. The normalized spacial score (nSPS) is 20.8. The van der Waals surface area contributed by atoms with E-state index < -0.39 is 38.6 Å². The third-order valence-corrected chi connectivity index (χ3v) is 5.08. The van der Waals surface area contributed by atoms with Gasteiger partial charge in [-0.3, -0.25) is 4.79 Å². The molecule has 1 aliphatic heterocycles. The topological polar surface area (TPSA) is 89.7 Å². The average molecular weight is 338 g/mol. The number of alkyl halides is 3. The van der Waals surface area contributed by atoms with Crippen LogP contribution in [0.2, 0.25) is 0 Å². The SMILES string of the molecule is NC(=O)C1COCCN1S(=O)(=O)c1cccc(C(F)(F)F)c1. The van der Waals surface area contributed by atoms with Crippen molar-refractivity contribution in [3.05, 3.63) is 29.8 Å². The highest BCUT2D eigenvalue weighted by atomic mass is 32.2. The highest BCUT2D eigenvalue weighted by Crippen LogP contribution is 2.31. The van der Waals surface area contributed by atoms with Crippen molar-refractivity contribution in [2.45, 2.75) is 17.1 Å². The number of morpholine rings is 1. The summed E-state index contributed by atoms with van der Waals surface area (Å²) in [5.41, 5.74) is 4.04. The molecular weight excluding hydrogens is 325 g/mol. The van der Waals surface area contributed by atoms with Crippen molar-refractivity contribution >= 4 is 15.9 Å². The number of amides is 1. The standard InChI is InChI=1S/C12H13F3N2O4S/c13-12(14,15)8-2-1-3-9(6-8)22(19,20)17-4-5-21-7-10(17)11(16)18/h1-3,6,10H,4-5,7H2,(H2,16,18). The molecule has 1 atom stereocenters. The summed E-state index contributed by atoms with van der Waals surface area (Å²) in [5.74, 6) is -0.921. The van der Waals surface area contributed by atoms with Crippen molar-refractivity contribution in [2.75, 3.05) is 19.8 Å². The summed E-state index contributed by atoms with van der Waals surface area (Å²) in [7, 11) is -4.29. The molecule has 0 radical (unpaired) electrons. The summed E-state index contributed by atoms with van der Waals surface area (Å²) >= 11 is 0. The molecule has 1 aromatic carbocycles. The zero-order chi connectivity index (χ0) is 16.5. The number of nitrogens with zero attached hydrogens (tertiary/aromatic N) is 1. The van der Waals surface area contributed by atoms with Crippen molar-refractivity contribution in [2.24, 2.45) is 5.73 Å². The predicted molar refractivity (Wildman–Crippen MR) is 69.1 cm³/mol. The molecule has 1 aromatic rings. The Morgan fingerprint density at radius 3 is 2.64 bits per heavy atom. The minimum Gasteiger partial charge on any atom is -0.378 e. The van der Waals surface area contributed by atoms with Gasteiger partial charge in [0.2, 0.25) is 15.9 Å². The van der Waals surface area contributed by atoms with Gasteiger partial charge in [-0.05, 0) is 18.2 Å². The van der Waals surface area contributed by atoms with Crippen molar-refractivity contribution in [1.29, 1.82) is 0 Å². The summed E-state index contributed by atoms with van der Waals surface area (Å²) in [6, 6.07) is 2.09. The van der Waals surface area contributed by atoms with E-state index in [9.17, 15) is 26.4 Å². The van der Waals surface area contributed by atoms with Gasteiger partial charge in [0, 0.05) is 6.54 Å². The first-order valence-electron chi connectivity index (χ1n) is 6.20. The molecular formula is C12H13F3N2O4S. The summed E-state index contributed by atoms with van der Waals surface area (Å²) in [5, 5.41) is 0. The molecule has 1 aliphatic rings. The van der Waals surface area contributed by atoms with Crippen LogP contribution in [0.1, 0.15) is 5.56 Å². The highest BCUT2D eigenvalue weighted by molar-refractivity contribution is 7.89. The second-order valence-electron chi connectivity index (χ2n) is 4.63. The fourth-order valence-corrected chi connectivity index (χ4v) is 3.68. The Bertz CT molecular complexity index is 675. The summed E-state index contributed by atoms with van der Waals surface area (Å²) in [4.78, 5) is 10.8. The molecule has 1 amide bonds. The zero-order valence-electron chi connectivity index (χ0n) is 11.2. The van der Waals surface area contributed by atoms with Crippen LogP contribution in [-0.4, -0.2) is 44.4 Å². The number of benzene rings is 1. The molecule has 22 heavy (non-hydrogen) atoms. The second kappa shape index (κ2) is 5.86. The fraction of sp³-hybridized carbons (Fsp3) is 0.417. The lowest BCUT2D eigenvalue weighted by atomic mass is 10.2. The Kier molecular flexibility index (Phi) is 4.45. The van der Waals surface area contributed by atoms with E-state index in [4.69, 9.17) is 10.5 Å². The van der Waals surface area contributed by atoms with Gasteiger partial charge in [0.05, 0.1) is 23.7 Å². The van der Waals surface area contributed by atoms with E-state index in [1.54, 1.807) is 0 Å². The van der Waals surface area contributed by atoms with Gasteiger partial charge in [0.25, 0.3) is 0 Å². The number of primary amides is 1. The van der Waals surface area contributed by atoms with Gasteiger partial charge in [-0.2, -0.15) is 17.5 Å². The molecule has 1 fully saturated rings. The van der Waals surface area contributed by atoms with Crippen LogP contribution in [0.15, 0.2) is 29.2 Å². The molecule has 0 saturated carbocycles. The van der Waals surface area contributed by atoms with Crippen LogP contribution in [0.5, 0.6) is 0 Å². The van der Waals surface area contributed by atoms with Crippen molar-refractivity contribution in [3.8, 4) is 0 Å². The number of carbonyl (C=O) groups is 1. The van der Waals surface area contributed by atoms with Crippen LogP contribution >= 0.6 is 0 Å². The summed E-state index contributed by atoms with van der Waals surface area (Å²) in [6.07, 6.45) is -4.67. The first kappa shape index (κ1) is 16.7. The van der Waals surface area contributed by atoms with Gasteiger partial charge in [0.15, 0.2) is 0 Å². The molecule has 0 spiro atoms. The Labute approximate surface area is 124 Å². The maximum atomic E-state index is 12.7. The molecule has 1 unspecified atom stereocenters. The predicted octanol–water partition coefficient (Wildman–Crippen LogP) is 0.580. The Hall–Kier alpha value is -1.65. The molecule has 10 heteroatoms. The maximum Gasteiger partial charge on any atom is 0.416 e. The maximum absolute atomic E-state index is 12.7. The number of ether oxygens (including phenoxy) is 1. The number of hydrogen-bond donors (Lipinski definition) is 1. The first-order valence-corrected chi connectivity index (χ1v) is 7.64. The Morgan fingerprint density at radius 1 is 1.36 bits per heavy atom. The Balaban J connectivity index is 2.43. The van der Waals surface area contributed by atoms with Crippen molar-refractivity contribution in [1.82, 2.24) is 4.31 Å². The number of sulfonamides is 1. The second-order valence-corrected chi connectivity index (χ2v) is 6.52. The molecule has 0 aliphatic carbocycles. The lowest BCUT2D eigenvalue weighted by Gasteiger charge is -2.32. The van der Waals surface area contributed by atoms with Crippen LogP contribution in [-0.2, 0) is 25.7 Å². The van der Waals surface area contributed by atoms with E-state index in [1.165, 1.54) is 0 Å². The Morgan fingerprint density at radius 2 is 2.05 bits per heavy atom. The van der Waals surface area contributed by atoms with E-state index in [0.29, 0.717) is 6.07 Å². The molecule has 0 aromatic heterocycles. The molecule has 122 valence electrons. The van der Waals surface area contributed by atoms with Gasteiger partial charge in [-0.15, -0.1) is 0 Å². The van der Waals surface area contributed by atoms with E-state index >= 15 is 0 Å². The number of rotatable bonds is 3.